The molecule has 0 atom stereocenters. The van der Waals surface area contributed by atoms with Gasteiger partial charge < -0.3 is 5.11 Å². The van der Waals surface area contributed by atoms with Crippen molar-refractivity contribution in [2.75, 3.05) is 13.2 Å². The predicted octanol–water partition coefficient (Wildman–Crippen LogP) is 0.744. The molecule has 0 saturated carbocycles. The Bertz CT molecular complexity index is 34.7. The van der Waals surface area contributed by atoms with Crippen LogP contribution in [0, 0.1) is 0 Å². The molecule has 0 aliphatic heterocycles. The van der Waals surface area contributed by atoms with Gasteiger partial charge in [-0.25, -0.2) is 0 Å². The van der Waals surface area contributed by atoms with Gasteiger partial charge in [0, 0.05) is 22.7 Å². The lowest BCUT2D eigenvalue weighted by Gasteiger charge is -1.95. The number of halogens is 2. The van der Waals surface area contributed by atoms with Crippen LogP contribution in [0.1, 0.15) is 0 Å². The number of aliphatic hydroxyl groups is 1. The molecule has 0 rings (SSSR count). The van der Waals surface area contributed by atoms with Crippen LogP contribution in [0.25, 0.3) is 0 Å². The highest BCUT2D eigenvalue weighted by atomic mass is 79.9. The molecule has 0 unspecified atom stereocenters. The first kappa shape index (κ1) is 6.69. The zero-order chi connectivity index (χ0) is 4.99. The predicted molar refractivity (Wildman–Crippen MR) is 28.6 cm³/mol. The molecule has 0 heterocycles. The lowest BCUT2D eigenvalue weighted by Crippen LogP contribution is -2.02. The van der Waals surface area contributed by atoms with Crippen LogP contribution < -0.4 is 0 Å². The Morgan fingerprint density at radius 2 is 2.33 bits per heavy atom. The highest BCUT2D eigenvalue weighted by Crippen LogP contribution is 1.98. The highest BCUT2D eigenvalue weighted by Gasteiger charge is 1.86. The molecule has 0 aromatic carbocycles. The third-order valence-corrected chi connectivity index (χ3v) is 0.793. The maximum absolute atomic E-state index is 8.08. The van der Waals surface area contributed by atoms with E-state index in [1.807, 2.05) is 0 Å². The van der Waals surface area contributed by atoms with Gasteiger partial charge in [0.2, 0.25) is 0 Å². The summed E-state index contributed by atoms with van der Waals surface area (Å²) in [5.41, 5.74) is 0. The molecule has 0 aromatic rings. The average Bonchev–Trinajstić information content (AvgIpc) is 1.35. The van der Waals surface area contributed by atoms with E-state index in [9.17, 15) is 0 Å². The van der Waals surface area contributed by atoms with Crippen LogP contribution >= 0.6 is 27.9 Å². The maximum Gasteiger partial charge on any atom is 0.0581 e. The lowest BCUT2D eigenvalue weighted by molar-refractivity contribution is 0.288. The third-order valence-electron chi connectivity index (χ3n) is 0.269. The quantitative estimate of drug-likeness (QED) is 0.625. The van der Waals surface area contributed by atoms with Crippen LogP contribution in [0.4, 0.5) is 0 Å². The van der Waals surface area contributed by atoms with Crippen molar-refractivity contribution in [1.82, 2.24) is 3.45 Å². The fraction of sp³-hybridized carbons (Fsp3) is 1.00. The van der Waals surface area contributed by atoms with E-state index in [2.05, 4.69) is 16.1 Å². The Balaban J connectivity index is 2.63. The number of aliphatic hydroxyl groups excluding tert-OH is 1. The molecular weight excluding hydrogens is 169 g/mol. The van der Waals surface area contributed by atoms with Gasteiger partial charge in [-0.2, -0.15) is 3.45 Å². The average molecular weight is 174 g/mol. The van der Waals surface area contributed by atoms with Gasteiger partial charge in [-0.05, 0) is 11.8 Å². The number of rotatable bonds is 2. The van der Waals surface area contributed by atoms with Crippen LogP contribution in [0.2, 0.25) is 0 Å². The Hall–Kier alpha value is 0.690. The van der Waals surface area contributed by atoms with Crippen molar-refractivity contribution in [2.24, 2.45) is 0 Å². The van der Waals surface area contributed by atoms with Gasteiger partial charge in [-0.1, -0.05) is 0 Å². The SMILES string of the molecule is OCCN(Cl)Br. The van der Waals surface area contributed by atoms with E-state index >= 15 is 0 Å². The summed E-state index contributed by atoms with van der Waals surface area (Å²) < 4.78 is 1.22. The fourth-order valence-electron chi connectivity index (χ4n) is 0.0756. The van der Waals surface area contributed by atoms with E-state index in [1.54, 1.807) is 0 Å². The van der Waals surface area contributed by atoms with Crippen molar-refractivity contribution in [2.45, 2.75) is 0 Å². The summed E-state index contributed by atoms with van der Waals surface area (Å²) in [6.07, 6.45) is 0. The van der Waals surface area contributed by atoms with Gasteiger partial charge in [-0.3, -0.25) is 0 Å². The summed E-state index contributed by atoms with van der Waals surface area (Å²) >= 11 is 8.04. The zero-order valence-corrected chi connectivity index (χ0v) is 5.41. The first-order valence-corrected chi connectivity index (χ1v) is 2.52. The van der Waals surface area contributed by atoms with E-state index in [4.69, 9.17) is 16.9 Å². The minimum Gasteiger partial charge on any atom is -0.395 e. The molecular formula is C2H5BrClNO. The topological polar surface area (TPSA) is 23.5 Å². The minimum absolute atomic E-state index is 0.0781. The number of nitrogens with zero attached hydrogens (tertiary/aromatic N) is 1. The minimum atomic E-state index is 0.0781. The second kappa shape index (κ2) is 3.87. The number of hydrogen-bond donors (Lipinski definition) is 1. The van der Waals surface area contributed by atoms with E-state index in [-0.39, 0.29) is 6.61 Å². The van der Waals surface area contributed by atoms with Crippen LogP contribution in [-0.2, 0) is 0 Å². The fourth-order valence-corrected chi connectivity index (χ4v) is 0.310. The Kier molecular flexibility index (Phi) is 4.31. The smallest absolute Gasteiger partial charge is 0.0581 e. The molecule has 0 spiro atoms. The summed E-state index contributed by atoms with van der Waals surface area (Å²) in [7, 11) is 0. The summed E-state index contributed by atoms with van der Waals surface area (Å²) in [6.45, 7) is 0.524. The first-order valence-electron chi connectivity index (χ1n) is 1.47. The lowest BCUT2D eigenvalue weighted by atomic mass is 10.8. The van der Waals surface area contributed by atoms with E-state index in [0.717, 1.165) is 0 Å². The van der Waals surface area contributed by atoms with Crippen LogP contribution in [0.5, 0.6) is 0 Å². The van der Waals surface area contributed by atoms with Gasteiger partial charge in [0.15, 0.2) is 0 Å². The summed E-state index contributed by atoms with van der Waals surface area (Å²) in [4.78, 5) is 0. The van der Waals surface area contributed by atoms with Crippen molar-refractivity contribution in [3.63, 3.8) is 0 Å². The van der Waals surface area contributed by atoms with Crippen molar-refractivity contribution in [3.05, 3.63) is 0 Å². The molecule has 6 heavy (non-hydrogen) atoms. The van der Waals surface area contributed by atoms with Crippen molar-refractivity contribution < 1.29 is 5.11 Å². The van der Waals surface area contributed by atoms with Crippen LogP contribution in [0.15, 0.2) is 0 Å². The van der Waals surface area contributed by atoms with Gasteiger partial charge in [0.25, 0.3) is 0 Å². The van der Waals surface area contributed by atoms with Gasteiger partial charge >= 0.3 is 0 Å². The molecule has 4 heteroatoms. The summed E-state index contributed by atoms with van der Waals surface area (Å²) in [5, 5.41) is 8.08. The second-order valence-electron chi connectivity index (χ2n) is 0.750. The molecule has 0 amide bonds. The molecule has 38 valence electrons. The maximum atomic E-state index is 8.08. The molecule has 2 nitrogen and oxygen atoms in total. The molecule has 0 bridgehead atoms. The Labute approximate surface area is 50.2 Å². The monoisotopic (exact) mass is 173 g/mol. The normalized spacial score (nSPS) is 10.0. The molecule has 0 aliphatic carbocycles. The standard InChI is InChI=1S/C2H5BrClNO/c3-5(4)1-2-6/h6H,1-2H2. The molecule has 0 saturated heterocycles. The van der Waals surface area contributed by atoms with Crippen molar-refractivity contribution in [3.8, 4) is 0 Å². The van der Waals surface area contributed by atoms with Crippen LogP contribution in [0.3, 0.4) is 0 Å². The molecule has 0 aromatic heterocycles. The van der Waals surface area contributed by atoms with Gasteiger partial charge in [0.05, 0.1) is 6.61 Å². The Morgan fingerprint density at radius 1 is 1.83 bits per heavy atom. The van der Waals surface area contributed by atoms with Crippen molar-refractivity contribution >= 4 is 27.9 Å². The third kappa shape index (κ3) is 4.69. The zero-order valence-electron chi connectivity index (χ0n) is 3.06. The Morgan fingerprint density at radius 3 is 2.33 bits per heavy atom. The molecule has 0 aliphatic rings. The van der Waals surface area contributed by atoms with Crippen LogP contribution in [-0.4, -0.2) is 21.7 Å². The molecule has 0 radical (unpaired) electrons. The molecule has 0 fully saturated rings. The summed E-state index contributed by atoms with van der Waals surface area (Å²) in [5.74, 6) is 0. The molecule has 1 N–H and O–H groups in total. The second-order valence-corrected chi connectivity index (χ2v) is 2.42. The first-order chi connectivity index (χ1) is 2.77. The van der Waals surface area contributed by atoms with E-state index in [0.29, 0.717) is 6.54 Å². The van der Waals surface area contributed by atoms with E-state index < -0.39 is 0 Å². The summed E-state index contributed by atoms with van der Waals surface area (Å²) in [6, 6.07) is 0. The van der Waals surface area contributed by atoms with E-state index in [1.165, 1.54) is 3.45 Å². The van der Waals surface area contributed by atoms with Gasteiger partial charge in [0.1, 0.15) is 0 Å². The number of hydrogen-bond acceptors (Lipinski definition) is 2. The largest absolute Gasteiger partial charge is 0.395 e. The van der Waals surface area contributed by atoms with Gasteiger partial charge in [-0.15, -0.1) is 0 Å². The highest BCUT2D eigenvalue weighted by molar-refractivity contribution is 9.08. The van der Waals surface area contributed by atoms with Crippen molar-refractivity contribution in [1.29, 1.82) is 0 Å².